The zero-order chi connectivity index (χ0) is 21.7. The van der Waals surface area contributed by atoms with E-state index in [1.54, 1.807) is 23.3 Å². The highest BCUT2D eigenvalue weighted by molar-refractivity contribution is 7.08. The summed E-state index contributed by atoms with van der Waals surface area (Å²) in [4.78, 5) is 49.2. The van der Waals surface area contributed by atoms with Gasteiger partial charge in [-0.05, 0) is 37.3 Å². The summed E-state index contributed by atoms with van der Waals surface area (Å²) in [5, 5.41) is 17.8. The van der Waals surface area contributed by atoms with Crippen molar-refractivity contribution in [1.82, 2.24) is 10.2 Å². The molecule has 1 aromatic heterocycles. The SMILES string of the molecule is CCOC(=O)c1cc(C(=O)N2CCC(NC(=O)c3ccsc3)CC2)cc([N+](=O)[O-])c1. The van der Waals surface area contributed by atoms with E-state index in [9.17, 15) is 24.5 Å². The number of nitrogens with zero attached hydrogens (tertiary/aromatic N) is 2. The van der Waals surface area contributed by atoms with E-state index in [2.05, 4.69) is 5.32 Å². The predicted octanol–water partition coefficient (Wildman–Crippen LogP) is 2.87. The molecule has 2 amide bonds. The first-order valence-electron chi connectivity index (χ1n) is 9.48. The Morgan fingerprint density at radius 1 is 1.20 bits per heavy atom. The molecular formula is C20H21N3O6S. The molecule has 1 saturated heterocycles. The molecule has 1 N–H and O–H groups in total. The fourth-order valence-corrected chi connectivity index (χ4v) is 3.88. The van der Waals surface area contributed by atoms with Crippen LogP contribution in [0.3, 0.4) is 0 Å². The fraction of sp³-hybridized carbons (Fsp3) is 0.350. The second-order valence-electron chi connectivity index (χ2n) is 6.80. The van der Waals surface area contributed by atoms with Gasteiger partial charge in [-0.2, -0.15) is 11.3 Å². The van der Waals surface area contributed by atoms with Gasteiger partial charge in [-0.15, -0.1) is 0 Å². The second-order valence-corrected chi connectivity index (χ2v) is 7.58. The molecule has 30 heavy (non-hydrogen) atoms. The fourth-order valence-electron chi connectivity index (χ4n) is 3.24. The van der Waals surface area contributed by atoms with Crippen molar-refractivity contribution in [2.24, 2.45) is 0 Å². The summed E-state index contributed by atoms with van der Waals surface area (Å²) in [5.41, 5.74) is 0.295. The monoisotopic (exact) mass is 431 g/mol. The number of rotatable bonds is 6. The van der Waals surface area contributed by atoms with E-state index in [0.29, 0.717) is 31.5 Å². The van der Waals surface area contributed by atoms with Crippen LogP contribution < -0.4 is 5.32 Å². The van der Waals surface area contributed by atoms with Crippen molar-refractivity contribution in [3.63, 3.8) is 0 Å². The van der Waals surface area contributed by atoms with Gasteiger partial charge in [-0.25, -0.2) is 4.79 Å². The highest BCUT2D eigenvalue weighted by Crippen LogP contribution is 2.21. The number of esters is 1. The van der Waals surface area contributed by atoms with E-state index in [-0.39, 0.29) is 35.4 Å². The maximum absolute atomic E-state index is 12.9. The lowest BCUT2D eigenvalue weighted by Gasteiger charge is -2.32. The van der Waals surface area contributed by atoms with Crippen molar-refractivity contribution in [3.05, 3.63) is 61.8 Å². The lowest BCUT2D eigenvalue weighted by Crippen LogP contribution is -2.46. The minimum absolute atomic E-state index is 0.0349. The molecule has 9 nitrogen and oxygen atoms in total. The number of likely N-dealkylation sites (tertiary alicyclic amines) is 1. The lowest BCUT2D eigenvalue weighted by molar-refractivity contribution is -0.384. The van der Waals surface area contributed by atoms with Gasteiger partial charge in [0.2, 0.25) is 0 Å². The molecule has 158 valence electrons. The zero-order valence-corrected chi connectivity index (χ0v) is 17.1. The van der Waals surface area contributed by atoms with Crippen molar-refractivity contribution >= 4 is 34.8 Å². The Bertz CT molecular complexity index is 951. The number of hydrogen-bond acceptors (Lipinski definition) is 7. The van der Waals surface area contributed by atoms with Crippen LogP contribution >= 0.6 is 11.3 Å². The number of non-ortho nitro benzene ring substituents is 1. The number of nitro benzene ring substituents is 1. The van der Waals surface area contributed by atoms with Gasteiger partial charge in [0.1, 0.15) is 0 Å². The quantitative estimate of drug-likeness (QED) is 0.427. The smallest absolute Gasteiger partial charge is 0.338 e. The molecular weight excluding hydrogens is 410 g/mol. The van der Waals surface area contributed by atoms with Gasteiger partial charge in [0.25, 0.3) is 17.5 Å². The summed E-state index contributed by atoms with van der Waals surface area (Å²) in [6.45, 7) is 2.54. The third-order valence-corrected chi connectivity index (χ3v) is 5.47. The first kappa shape index (κ1) is 21.4. The summed E-state index contributed by atoms with van der Waals surface area (Å²) in [7, 11) is 0. The number of amides is 2. The summed E-state index contributed by atoms with van der Waals surface area (Å²) in [6.07, 6.45) is 1.14. The first-order chi connectivity index (χ1) is 14.4. The first-order valence-corrected chi connectivity index (χ1v) is 10.4. The lowest BCUT2D eigenvalue weighted by atomic mass is 10.0. The van der Waals surface area contributed by atoms with Gasteiger partial charge in [0, 0.05) is 47.8 Å². The molecule has 0 radical (unpaired) electrons. The standard InChI is InChI=1S/C20H21N3O6S/c1-2-29-20(26)15-9-14(10-17(11-15)23(27)28)19(25)22-6-3-16(4-7-22)21-18(24)13-5-8-30-12-13/h5,8-12,16H,2-4,6-7H2,1H3,(H,21,24). The zero-order valence-electron chi connectivity index (χ0n) is 16.3. The van der Waals surface area contributed by atoms with E-state index in [4.69, 9.17) is 4.74 Å². The van der Waals surface area contributed by atoms with E-state index in [1.807, 2.05) is 5.38 Å². The molecule has 2 heterocycles. The molecule has 0 bridgehead atoms. The van der Waals surface area contributed by atoms with Crippen LogP contribution in [0.2, 0.25) is 0 Å². The van der Waals surface area contributed by atoms with Crippen LogP contribution in [0, 0.1) is 10.1 Å². The number of carbonyl (C=O) groups is 3. The number of benzene rings is 1. The van der Waals surface area contributed by atoms with Crippen LogP contribution in [-0.2, 0) is 4.74 Å². The van der Waals surface area contributed by atoms with Gasteiger partial charge in [-0.3, -0.25) is 19.7 Å². The van der Waals surface area contributed by atoms with Gasteiger partial charge in [-0.1, -0.05) is 0 Å². The van der Waals surface area contributed by atoms with Crippen LogP contribution in [0.25, 0.3) is 0 Å². The van der Waals surface area contributed by atoms with Crippen molar-refractivity contribution in [3.8, 4) is 0 Å². The molecule has 1 fully saturated rings. The molecule has 0 unspecified atom stereocenters. The van der Waals surface area contributed by atoms with Crippen LogP contribution in [0.15, 0.2) is 35.0 Å². The molecule has 0 atom stereocenters. The van der Waals surface area contributed by atoms with Crippen molar-refractivity contribution in [2.75, 3.05) is 19.7 Å². The number of piperidine rings is 1. The van der Waals surface area contributed by atoms with Crippen LogP contribution in [-0.4, -0.2) is 53.3 Å². The Balaban J connectivity index is 1.67. The molecule has 10 heteroatoms. The van der Waals surface area contributed by atoms with E-state index in [1.165, 1.54) is 17.4 Å². The van der Waals surface area contributed by atoms with E-state index < -0.39 is 16.8 Å². The Morgan fingerprint density at radius 2 is 1.90 bits per heavy atom. The number of carbonyl (C=O) groups excluding carboxylic acids is 3. The van der Waals surface area contributed by atoms with E-state index in [0.717, 1.165) is 12.1 Å². The molecule has 0 spiro atoms. The number of nitrogens with one attached hydrogen (secondary N) is 1. The maximum atomic E-state index is 12.9. The highest BCUT2D eigenvalue weighted by atomic mass is 32.1. The molecule has 2 aromatic rings. The van der Waals surface area contributed by atoms with Gasteiger partial charge < -0.3 is 15.0 Å². The third kappa shape index (κ3) is 5.01. The van der Waals surface area contributed by atoms with Crippen molar-refractivity contribution < 1.29 is 24.0 Å². The van der Waals surface area contributed by atoms with Crippen molar-refractivity contribution in [1.29, 1.82) is 0 Å². The summed E-state index contributed by atoms with van der Waals surface area (Å²) < 4.78 is 4.90. The van der Waals surface area contributed by atoms with Crippen molar-refractivity contribution in [2.45, 2.75) is 25.8 Å². The summed E-state index contributed by atoms with van der Waals surface area (Å²) >= 11 is 1.45. The van der Waals surface area contributed by atoms with Crippen LogP contribution in [0.1, 0.15) is 50.8 Å². The summed E-state index contributed by atoms with van der Waals surface area (Å²) in [5.74, 6) is -1.25. The second kappa shape index (κ2) is 9.49. The largest absolute Gasteiger partial charge is 0.462 e. The normalized spacial score (nSPS) is 14.2. The Hall–Kier alpha value is -3.27. The Morgan fingerprint density at radius 3 is 2.50 bits per heavy atom. The molecule has 1 aliphatic rings. The molecule has 0 aliphatic carbocycles. The number of hydrogen-bond donors (Lipinski definition) is 1. The predicted molar refractivity (Wildman–Crippen MR) is 110 cm³/mol. The number of nitro groups is 1. The topological polar surface area (TPSA) is 119 Å². The highest BCUT2D eigenvalue weighted by Gasteiger charge is 2.27. The van der Waals surface area contributed by atoms with Gasteiger partial charge in [0.15, 0.2) is 0 Å². The minimum atomic E-state index is -0.717. The Kier molecular flexibility index (Phi) is 6.78. The number of thiophene rings is 1. The molecule has 0 saturated carbocycles. The average molecular weight is 431 g/mol. The van der Waals surface area contributed by atoms with Gasteiger partial charge >= 0.3 is 5.97 Å². The maximum Gasteiger partial charge on any atom is 0.338 e. The minimum Gasteiger partial charge on any atom is -0.462 e. The van der Waals surface area contributed by atoms with E-state index >= 15 is 0 Å². The molecule has 3 rings (SSSR count). The molecule has 1 aromatic carbocycles. The molecule has 1 aliphatic heterocycles. The summed E-state index contributed by atoms with van der Waals surface area (Å²) in [6, 6.07) is 5.28. The van der Waals surface area contributed by atoms with Gasteiger partial charge in [0.05, 0.1) is 17.1 Å². The van der Waals surface area contributed by atoms with Crippen LogP contribution in [0.5, 0.6) is 0 Å². The Labute approximate surface area is 176 Å². The average Bonchev–Trinajstić information content (AvgIpc) is 3.29. The third-order valence-electron chi connectivity index (χ3n) is 4.79. The van der Waals surface area contributed by atoms with Crippen LogP contribution in [0.4, 0.5) is 5.69 Å². The number of ether oxygens (including phenoxy) is 1.